The third kappa shape index (κ3) is 5.23. The van der Waals surface area contributed by atoms with Crippen LogP contribution < -0.4 is 5.32 Å². The predicted octanol–water partition coefficient (Wildman–Crippen LogP) is 3.56. The highest BCUT2D eigenvalue weighted by atomic mass is 15.3. The maximum atomic E-state index is 4.97. The number of hydrogen-bond donors (Lipinski definition) is 1. The first-order valence-corrected chi connectivity index (χ1v) is 10.6. The van der Waals surface area contributed by atoms with E-state index in [0.29, 0.717) is 5.92 Å². The van der Waals surface area contributed by atoms with E-state index in [2.05, 4.69) is 59.3 Å². The Balaban J connectivity index is 1.50. The summed E-state index contributed by atoms with van der Waals surface area (Å²) >= 11 is 0. The van der Waals surface area contributed by atoms with Gasteiger partial charge < -0.3 is 15.1 Å². The molecule has 2 saturated heterocycles. The Kier molecular flexibility index (Phi) is 7.36. The number of aliphatic imine (C=N–C) groups is 1. The summed E-state index contributed by atoms with van der Waals surface area (Å²) in [4.78, 5) is 10.0. The average molecular weight is 357 g/mol. The molecule has 0 saturated carbocycles. The van der Waals surface area contributed by atoms with E-state index in [1.54, 1.807) is 0 Å². The smallest absolute Gasteiger partial charge is 0.193 e. The van der Waals surface area contributed by atoms with Gasteiger partial charge in [0.25, 0.3) is 0 Å². The summed E-state index contributed by atoms with van der Waals surface area (Å²) in [5.41, 5.74) is 1.47. The molecule has 0 radical (unpaired) electrons. The lowest BCUT2D eigenvalue weighted by molar-refractivity contribution is 0.188. The average Bonchev–Trinajstić information content (AvgIpc) is 3.19. The molecule has 4 heteroatoms. The van der Waals surface area contributed by atoms with Gasteiger partial charge in [-0.05, 0) is 63.7 Å². The molecular formula is C22H36N4. The van der Waals surface area contributed by atoms with Gasteiger partial charge in [0, 0.05) is 32.1 Å². The van der Waals surface area contributed by atoms with Crippen molar-refractivity contribution in [2.45, 2.75) is 45.4 Å². The van der Waals surface area contributed by atoms with E-state index >= 15 is 0 Å². The Morgan fingerprint density at radius 2 is 1.85 bits per heavy atom. The van der Waals surface area contributed by atoms with Crippen molar-refractivity contribution in [3.63, 3.8) is 0 Å². The quantitative estimate of drug-likeness (QED) is 0.624. The van der Waals surface area contributed by atoms with Gasteiger partial charge in [0.2, 0.25) is 0 Å². The van der Waals surface area contributed by atoms with E-state index in [1.165, 1.54) is 50.9 Å². The zero-order valence-corrected chi connectivity index (χ0v) is 16.7. The maximum absolute atomic E-state index is 4.97. The van der Waals surface area contributed by atoms with Crippen LogP contribution in [0.3, 0.4) is 0 Å². The van der Waals surface area contributed by atoms with Crippen LogP contribution in [0.5, 0.6) is 0 Å². The molecule has 1 N–H and O–H groups in total. The van der Waals surface area contributed by atoms with Crippen molar-refractivity contribution in [2.75, 3.05) is 45.8 Å². The van der Waals surface area contributed by atoms with Gasteiger partial charge in [-0.15, -0.1) is 0 Å². The van der Waals surface area contributed by atoms with Gasteiger partial charge >= 0.3 is 0 Å². The normalized spacial score (nSPS) is 22.8. The lowest BCUT2D eigenvalue weighted by atomic mass is 9.94. The predicted molar refractivity (Wildman–Crippen MR) is 111 cm³/mol. The first-order valence-electron chi connectivity index (χ1n) is 10.6. The monoisotopic (exact) mass is 356 g/mol. The highest BCUT2D eigenvalue weighted by Crippen LogP contribution is 2.27. The van der Waals surface area contributed by atoms with E-state index in [0.717, 1.165) is 38.1 Å². The van der Waals surface area contributed by atoms with Crippen LogP contribution >= 0.6 is 0 Å². The molecule has 3 rings (SSSR count). The molecule has 4 nitrogen and oxygen atoms in total. The lowest BCUT2D eigenvalue weighted by Gasteiger charge is -2.30. The SMILES string of the molecule is CCNC(=NCCC1CCN(CC)CC1)N1CCC(c2ccccc2)C1. The first-order chi connectivity index (χ1) is 12.8. The molecular weight excluding hydrogens is 320 g/mol. The van der Waals surface area contributed by atoms with Crippen LogP contribution in [0.25, 0.3) is 0 Å². The molecule has 0 aliphatic carbocycles. The Hall–Kier alpha value is -1.55. The number of rotatable bonds is 6. The highest BCUT2D eigenvalue weighted by molar-refractivity contribution is 5.80. The molecule has 2 fully saturated rings. The van der Waals surface area contributed by atoms with Crippen LogP contribution in [0.1, 0.15) is 51.0 Å². The Morgan fingerprint density at radius 1 is 1.08 bits per heavy atom. The standard InChI is InChI=1S/C22H36N4/c1-3-23-22(24-14-10-19-11-15-25(4-2)16-12-19)26-17-13-21(18-26)20-8-6-5-7-9-20/h5-9,19,21H,3-4,10-18H2,1-2H3,(H,23,24). The minimum absolute atomic E-state index is 0.637. The molecule has 1 unspecified atom stereocenters. The van der Waals surface area contributed by atoms with Crippen LogP contribution in [0.15, 0.2) is 35.3 Å². The van der Waals surface area contributed by atoms with Crippen LogP contribution in [0.2, 0.25) is 0 Å². The van der Waals surface area contributed by atoms with E-state index in [9.17, 15) is 0 Å². The number of benzene rings is 1. The Bertz CT molecular complexity index is 549. The number of nitrogens with zero attached hydrogens (tertiary/aromatic N) is 3. The molecule has 0 amide bonds. The van der Waals surface area contributed by atoms with Crippen LogP contribution in [0, 0.1) is 5.92 Å². The number of piperidine rings is 1. The fourth-order valence-electron chi connectivity index (χ4n) is 4.32. The summed E-state index contributed by atoms with van der Waals surface area (Å²) in [5, 5.41) is 3.52. The van der Waals surface area contributed by atoms with Gasteiger partial charge in [-0.2, -0.15) is 0 Å². The van der Waals surface area contributed by atoms with Crippen LogP contribution in [-0.2, 0) is 0 Å². The maximum Gasteiger partial charge on any atom is 0.193 e. The number of likely N-dealkylation sites (tertiary alicyclic amines) is 2. The topological polar surface area (TPSA) is 30.9 Å². The summed E-state index contributed by atoms with van der Waals surface area (Å²) in [5.74, 6) is 2.62. The lowest BCUT2D eigenvalue weighted by Crippen LogP contribution is -2.40. The fraction of sp³-hybridized carbons (Fsp3) is 0.682. The van der Waals surface area contributed by atoms with Crippen molar-refractivity contribution >= 4 is 5.96 Å². The minimum atomic E-state index is 0.637. The minimum Gasteiger partial charge on any atom is -0.357 e. The second kappa shape index (κ2) is 9.96. The molecule has 1 aromatic rings. The van der Waals surface area contributed by atoms with Gasteiger partial charge in [-0.25, -0.2) is 0 Å². The van der Waals surface area contributed by atoms with Crippen molar-refractivity contribution in [3.05, 3.63) is 35.9 Å². The Morgan fingerprint density at radius 3 is 2.54 bits per heavy atom. The van der Waals surface area contributed by atoms with Gasteiger partial charge in [-0.1, -0.05) is 37.3 Å². The van der Waals surface area contributed by atoms with Gasteiger partial charge in [-0.3, -0.25) is 4.99 Å². The molecule has 2 aliphatic heterocycles. The summed E-state index contributed by atoms with van der Waals surface area (Å²) in [7, 11) is 0. The molecule has 0 aromatic heterocycles. The zero-order chi connectivity index (χ0) is 18.2. The zero-order valence-electron chi connectivity index (χ0n) is 16.7. The molecule has 2 aliphatic rings. The molecule has 26 heavy (non-hydrogen) atoms. The molecule has 2 heterocycles. The third-order valence-electron chi connectivity index (χ3n) is 6.05. The second-order valence-corrected chi connectivity index (χ2v) is 7.74. The number of guanidine groups is 1. The van der Waals surface area contributed by atoms with E-state index in [-0.39, 0.29) is 0 Å². The summed E-state index contributed by atoms with van der Waals surface area (Å²) in [6.07, 6.45) is 5.16. The fourth-order valence-corrected chi connectivity index (χ4v) is 4.32. The molecule has 0 spiro atoms. The van der Waals surface area contributed by atoms with Gasteiger partial charge in [0.05, 0.1) is 0 Å². The molecule has 0 bridgehead atoms. The largest absolute Gasteiger partial charge is 0.357 e. The van der Waals surface area contributed by atoms with Gasteiger partial charge in [0.1, 0.15) is 0 Å². The molecule has 1 aromatic carbocycles. The van der Waals surface area contributed by atoms with E-state index < -0.39 is 0 Å². The third-order valence-corrected chi connectivity index (χ3v) is 6.05. The van der Waals surface area contributed by atoms with Crippen LogP contribution in [-0.4, -0.2) is 61.6 Å². The van der Waals surface area contributed by atoms with Crippen molar-refractivity contribution < 1.29 is 0 Å². The number of nitrogens with one attached hydrogen (secondary N) is 1. The summed E-state index contributed by atoms with van der Waals surface area (Å²) < 4.78 is 0. The van der Waals surface area contributed by atoms with Crippen LogP contribution in [0.4, 0.5) is 0 Å². The first kappa shape index (κ1) is 19.2. The summed E-state index contributed by atoms with van der Waals surface area (Å²) in [6, 6.07) is 10.9. The second-order valence-electron chi connectivity index (χ2n) is 7.74. The highest BCUT2D eigenvalue weighted by Gasteiger charge is 2.26. The number of hydrogen-bond acceptors (Lipinski definition) is 2. The van der Waals surface area contributed by atoms with Crippen molar-refractivity contribution in [1.82, 2.24) is 15.1 Å². The van der Waals surface area contributed by atoms with Crippen molar-refractivity contribution in [3.8, 4) is 0 Å². The van der Waals surface area contributed by atoms with E-state index in [4.69, 9.17) is 4.99 Å². The molecule has 144 valence electrons. The van der Waals surface area contributed by atoms with E-state index in [1.807, 2.05) is 0 Å². The molecule has 1 atom stereocenters. The summed E-state index contributed by atoms with van der Waals surface area (Å²) in [6.45, 7) is 12.3. The van der Waals surface area contributed by atoms with Gasteiger partial charge in [0.15, 0.2) is 5.96 Å². The Labute approximate surface area is 159 Å². The van der Waals surface area contributed by atoms with Crippen molar-refractivity contribution in [1.29, 1.82) is 0 Å². The van der Waals surface area contributed by atoms with Crippen molar-refractivity contribution in [2.24, 2.45) is 10.9 Å².